The number of fused-ring (bicyclic) bond motifs is 1. The monoisotopic (exact) mass is 368 g/mol. The zero-order chi connectivity index (χ0) is 18.5. The maximum Gasteiger partial charge on any atom is 0.283 e. The van der Waals surface area contributed by atoms with Crippen molar-refractivity contribution in [2.24, 2.45) is 0 Å². The Balaban J connectivity index is 0.000000948. The van der Waals surface area contributed by atoms with Crippen molar-refractivity contribution >= 4 is 27.9 Å². The number of allylic oxidation sites excluding steroid dienone is 2. The van der Waals surface area contributed by atoms with Crippen LogP contribution in [-0.4, -0.2) is 15.1 Å². The number of benzene rings is 1. The highest BCUT2D eigenvalue weighted by molar-refractivity contribution is 8.14. The molecule has 1 unspecified atom stereocenters. The standard InChI is InChI=1S/C20H22N2OS.C2H6/c1-14-19(24-20(23)21-14)11-16-13-22(12-15-7-3-2-4-8-15)18-10-6-5-9-17(16)18;1-2/h5-7,9-10,13,19H,1-4,8,11-12H2,(H,21,23);1-2H3. The smallest absolute Gasteiger partial charge is 0.283 e. The van der Waals surface area contributed by atoms with Gasteiger partial charge in [-0.15, -0.1) is 0 Å². The van der Waals surface area contributed by atoms with Crippen LogP contribution in [0.15, 0.2) is 54.4 Å². The zero-order valence-corrected chi connectivity index (χ0v) is 16.6. The van der Waals surface area contributed by atoms with E-state index in [0.29, 0.717) is 0 Å². The lowest BCUT2D eigenvalue weighted by molar-refractivity contribution is 0.263. The van der Waals surface area contributed by atoms with Crippen LogP contribution >= 0.6 is 11.8 Å². The van der Waals surface area contributed by atoms with Gasteiger partial charge in [-0.2, -0.15) is 0 Å². The predicted molar refractivity (Wildman–Crippen MR) is 113 cm³/mol. The molecule has 1 aliphatic heterocycles. The Morgan fingerprint density at radius 1 is 1.27 bits per heavy atom. The Kier molecular flexibility index (Phi) is 6.25. The number of carbonyl (C=O) groups excluding carboxylic acids is 1. The second kappa shape index (κ2) is 8.63. The third-order valence-corrected chi connectivity index (χ3v) is 5.99. The molecule has 0 radical (unpaired) electrons. The van der Waals surface area contributed by atoms with Gasteiger partial charge >= 0.3 is 0 Å². The van der Waals surface area contributed by atoms with Gasteiger partial charge in [0.05, 0.1) is 5.25 Å². The van der Waals surface area contributed by atoms with E-state index in [-0.39, 0.29) is 10.5 Å². The number of para-hydroxylation sites is 1. The molecular weight excluding hydrogens is 340 g/mol. The van der Waals surface area contributed by atoms with Crippen LogP contribution < -0.4 is 5.32 Å². The van der Waals surface area contributed by atoms with Crippen LogP contribution in [0.25, 0.3) is 10.9 Å². The number of nitrogens with zero attached hydrogens (tertiary/aromatic N) is 1. The minimum absolute atomic E-state index is 0.0149. The Labute approximate surface area is 160 Å². The van der Waals surface area contributed by atoms with Crippen molar-refractivity contribution in [3.05, 3.63) is 60.0 Å². The Morgan fingerprint density at radius 2 is 2.08 bits per heavy atom. The normalized spacial score (nSPS) is 19.8. The summed E-state index contributed by atoms with van der Waals surface area (Å²) < 4.78 is 2.37. The van der Waals surface area contributed by atoms with E-state index in [2.05, 4.69) is 53.0 Å². The van der Waals surface area contributed by atoms with Crippen molar-refractivity contribution in [1.82, 2.24) is 9.88 Å². The van der Waals surface area contributed by atoms with Gasteiger partial charge in [-0.05, 0) is 43.7 Å². The molecule has 0 saturated carbocycles. The molecule has 0 bridgehead atoms. The fourth-order valence-electron chi connectivity index (χ4n) is 3.69. The summed E-state index contributed by atoms with van der Waals surface area (Å²) in [6, 6.07) is 8.58. The first-order valence-electron chi connectivity index (χ1n) is 9.62. The van der Waals surface area contributed by atoms with Crippen LogP contribution in [0.2, 0.25) is 0 Å². The molecule has 4 heteroatoms. The minimum atomic E-state index is 0.0149. The van der Waals surface area contributed by atoms with Crippen molar-refractivity contribution in [1.29, 1.82) is 0 Å². The molecule has 1 amide bonds. The number of aromatic nitrogens is 1. The van der Waals surface area contributed by atoms with Crippen LogP contribution in [0, 0.1) is 0 Å². The SMILES string of the molecule is C=C1NC(=O)SC1Cc1cn(CC2=CCCCC2)c2ccccc12.CC. The molecule has 1 atom stereocenters. The van der Waals surface area contributed by atoms with Crippen molar-refractivity contribution in [2.75, 3.05) is 0 Å². The average Bonchev–Trinajstić information content (AvgIpc) is 3.18. The first kappa shape index (κ1) is 18.8. The number of thioether (sulfide) groups is 1. The topological polar surface area (TPSA) is 34.0 Å². The van der Waals surface area contributed by atoms with Gasteiger partial charge in [0.25, 0.3) is 5.24 Å². The molecule has 1 aliphatic carbocycles. The van der Waals surface area contributed by atoms with Crippen LogP contribution in [0.4, 0.5) is 4.79 Å². The molecular formula is C22H28N2OS. The van der Waals surface area contributed by atoms with Crippen molar-refractivity contribution in [2.45, 2.75) is 57.7 Å². The predicted octanol–water partition coefficient (Wildman–Crippen LogP) is 6.05. The van der Waals surface area contributed by atoms with E-state index in [1.807, 2.05) is 13.8 Å². The van der Waals surface area contributed by atoms with Gasteiger partial charge in [-0.3, -0.25) is 4.79 Å². The summed E-state index contributed by atoms with van der Waals surface area (Å²) in [5.74, 6) is 0. The zero-order valence-electron chi connectivity index (χ0n) is 15.8. The number of nitrogens with one attached hydrogen (secondary N) is 1. The van der Waals surface area contributed by atoms with E-state index in [4.69, 9.17) is 0 Å². The van der Waals surface area contributed by atoms with Gasteiger partial charge < -0.3 is 9.88 Å². The van der Waals surface area contributed by atoms with Crippen LogP contribution in [-0.2, 0) is 13.0 Å². The third-order valence-electron chi connectivity index (χ3n) is 4.94. The molecule has 4 rings (SSSR count). The van der Waals surface area contributed by atoms with Gasteiger partial charge in [0.1, 0.15) is 0 Å². The molecule has 2 heterocycles. The molecule has 138 valence electrons. The van der Waals surface area contributed by atoms with Crippen LogP contribution in [0.5, 0.6) is 0 Å². The van der Waals surface area contributed by atoms with E-state index in [1.165, 1.54) is 53.9 Å². The van der Waals surface area contributed by atoms with Crippen molar-refractivity contribution in [3.8, 4) is 0 Å². The summed E-state index contributed by atoms with van der Waals surface area (Å²) in [6.07, 6.45) is 10.6. The molecule has 2 aliphatic rings. The third kappa shape index (κ3) is 4.07. The molecule has 0 spiro atoms. The summed E-state index contributed by atoms with van der Waals surface area (Å²) in [4.78, 5) is 11.6. The van der Waals surface area contributed by atoms with Gasteiger partial charge in [-0.1, -0.05) is 62.0 Å². The highest BCUT2D eigenvalue weighted by atomic mass is 32.2. The highest BCUT2D eigenvalue weighted by Gasteiger charge is 2.27. The average molecular weight is 369 g/mol. The van der Waals surface area contributed by atoms with E-state index >= 15 is 0 Å². The minimum Gasteiger partial charge on any atom is -0.343 e. The summed E-state index contributed by atoms with van der Waals surface area (Å²) in [6.45, 7) is 8.98. The van der Waals surface area contributed by atoms with Crippen molar-refractivity contribution in [3.63, 3.8) is 0 Å². The molecule has 1 aromatic heterocycles. The maximum atomic E-state index is 11.6. The number of carbonyl (C=O) groups is 1. The molecule has 2 aromatic rings. The van der Waals surface area contributed by atoms with Gasteiger partial charge in [-0.25, -0.2) is 0 Å². The lowest BCUT2D eigenvalue weighted by Gasteiger charge is -2.14. The van der Waals surface area contributed by atoms with Crippen molar-refractivity contribution < 1.29 is 4.79 Å². The lowest BCUT2D eigenvalue weighted by Crippen LogP contribution is -2.12. The first-order valence-corrected chi connectivity index (χ1v) is 10.5. The van der Waals surface area contributed by atoms with E-state index in [0.717, 1.165) is 18.7 Å². The number of amides is 1. The molecule has 3 nitrogen and oxygen atoms in total. The summed E-state index contributed by atoms with van der Waals surface area (Å²) in [5, 5.41) is 4.26. The van der Waals surface area contributed by atoms with E-state index < -0.39 is 0 Å². The molecule has 1 fully saturated rings. The van der Waals surface area contributed by atoms with Crippen LogP contribution in [0.1, 0.15) is 45.1 Å². The lowest BCUT2D eigenvalue weighted by atomic mass is 10.00. The Bertz CT molecular complexity index is 834. The van der Waals surface area contributed by atoms with E-state index in [1.54, 1.807) is 5.57 Å². The molecule has 1 N–H and O–H groups in total. The quantitative estimate of drug-likeness (QED) is 0.667. The second-order valence-corrected chi connectivity index (χ2v) is 7.83. The summed E-state index contributed by atoms with van der Waals surface area (Å²) in [7, 11) is 0. The second-order valence-electron chi connectivity index (χ2n) is 6.66. The largest absolute Gasteiger partial charge is 0.343 e. The summed E-state index contributed by atoms with van der Waals surface area (Å²) >= 11 is 1.35. The number of hydrogen-bond acceptors (Lipinski definition) is 2. The number of hydrogen-bond donors (Lipinski definition) is 1. The van der Waals surface area contributed by atoms with Gasteiger partial charge in [0, 0.05) is 29.3 Å². The maximum absolute atomic E-state index is 11.6. The van der Waals surface area contributed by atoms with Crippen LogP contribution in [0.3, 0.4) is 0 Å². The molecule has 26 heavy (non-hydrogen) atoms. The van der Waals surface area contributed by atoms with Gasteiger partial charge in [0.2, 0.25) is 0 Å². The van der Waals surface area contributed by atoms with Gasteiger partial charge in [0.15, 0.2) is 0 Å². The summed E-state index contributed by atoms with van der Waals surface area (Å²) in [5.41, 5.74) is 4.96. The number of rotatable bonds is 4. The first-order chi connectivity index (χ1) is 12.7. The van der Waals surface area contributed by atoms with E-state index in [9.17, 15) is 4.79 Å². The highest BCUT2D eigenvalue weighted by Crippen LogP contribution is 2.32. The Morgan fingerprint density at radius 3 is 2.77 bits per heavy atom. The molecule has 1 saturated heterocycles. The fraction of sp³-hybridized carbons (Fsp3) is 0.409. The Hall–Kier alpha value is -1.94. The fourth-order valence-corrected chi connectivity index (χ4v) is 4.60. The molecule has 1 aromatic carbocycles.